The average molecular weight is 602 g/mol. The third-order valence-corrected chi connectivity index (χ3v) is 8.10. The van der Waals surface area contributed by atoms with Crippen molar-refractivity contribution in [3.63, 3.8) is 0 Å². The Hall–Kier alpha value is -3.93. The Morgan fingerprint density at radius 3 is 1.91 bits per heavy atom. The number of nitrogens with one attached hydrogen (secondary N) is 3. The Morgan fingerprint density at radius 1 is 0.814 bits per heavy atom. The number of rotatable bonds is 10. The van der Waals surface area contributed by atoms with Gasteiger partial charge >= 0.3 is 12.2 Å². The molecular formula is C31H38F3N5O4. The molecule has 2 aliphatic heterocycles. The number of piperidine rings is 1. The summed E-state index contributed by atoms with van der Waals surface area (Å²) in [5, 5.41) is 8.35. The molecule has 2 saturated heterocycles. The first kappa shape index (κ1) is 32.0. The fraction of sp³-hybridized carbons (Fsp3) is 0.484. The summed E-state index contributed by atoms with van der Waals surface area (Å²) >= 11 is 0. The fourth-order valence-electron chi connectivity index (χ4n) is 5.69. The molecule has 0 bridgehead atoms. The molecule has 2 aromatic rings. The van der Waals surface area contributed by atoms with Crippen LogP contribution in [0.1, 0.15) is 36.8 Å². The highest BCUT2D eigenvalue weighted by Gasteiger charge is 2.45. The van der Waals surface area contributed by atoms with E-state index in [4.69, 9.17) is 0 Å². The van der Waals surface area contributed by atoms with Gasteiger partial charge in [-0.05, 0) is 43.9 Å². The number of hydrogen-bond acceptors (Lipinski definition) is 5. The lowest BCUT2D eigenvalue weighted by Crippen LogP contribution is -2.58. The molecule has 2 aromatic carbocycles. The molecule has 3 atom stereocenters. The van der Waals surface area contributed by atoms with Crippen LogP contribution in [-0.4, -0.2) is 90.5 Å². The molecule has 232 valence electrons. The van der Waals surface area contributed by atoms with E-state index in [-0.39, 0.29) is 31.8 Å². The summed E-state index contributed by atoms with van der Waals surface area (Å²) in [4.78, 5) is 55.8. The topological polar surface area (TPSA) is 111 Å². The molecule has 9 nitrogen and oxygen atoms in total. The van der Waals surface area contributed by atoms with Gasteiger partial charge in [-0.1, -0.05) is 60.7 Å². The normalized spacial score (nSPS) is 19.0. The highest BCUT2D eigenvalue weighted by molar-refractivity contribution is 5.96. The van der Waals surface area contributed by atoms with E-state index >= 15 is 0 Å². The Bertz CT molecular complexity index is 1250. The highest BCUT2D eigenvalue weighted by atomic mass is 19.4. The first-order valence-electron chi connectivity index (χ1n) is 14.6. The Morgan fingerprint density at radius 2 is 1.37 bits per heavy atom. The highest BCUT2D eigenvalue weighted by Crippen LogP contribution is 2.23. The number of carbonyl (C=O) groups excluding carboxylic acids is 4. The van der Waals surface area contributed by atoms with Crippen LogP contribution in [0.5, 0.6) is 0 Å². The molecule has 2 aliphatic rings. The molecule has 43 heavy (non-hydrogen) atoms. The van der Waals surface area contributed by atoms with Crippen LogP contribution in [0.15, 0.2) is 60.7 Å². The number of benzene rings is 2. The second-order valence-electron chi connectivity index (χ2n) is 11.0. The summed E-state index contributed by atoms with van der Waals surface area (Å²) in [5.41, 5.74) is 1.25. The minimum atomic E-state index is -5.15. The molecule has 0 spiro atoms. The molecule has 2 heterocycles. The van der Waals surface area contributed by atoms with E-state index in [1.165, 1.54) is 4.90 Å². The molecule has 2 fully saturated rings. The van der Waals surface area contributed by atoms with Crippen LogP contribution in [0, 0.1) is 0 Å². The molecule has 12 heteroatoms. The summed E-state index contributed by atoms with van der Waals surface area (Å²) in [7, 11) is 1.88. The van der Waals surface area contributed by atoms with Crippen molar-refractivity contribution in [3.8, 4) is 0 Å². The number of alkyl halides is 3. The zero-order chi connectivity index (χ0) is 31.0. The Kier molecular flexibility index (Phi) is 10.8. The van der Waals surface area contributed by atoms with E-state index in [1.807, 2.05) is 37.4 Å². The van der Waals surface area contributed by atoms with Gasteiger partial charge in [0.15, 0.2) is 0 Å². The van der Waals surface area contributed by atoms with E-state index in [1.54, 1.807) is 35.2 Å². The van der Waals surface area contributed by atoms with Crippen molar-refractivity contribution in [2.75, 3.05) is 26.7 Å². The number of hydrogen-bond donors (Lipinski definition) is 3. The summed E-state index contributed by atoms with van der Waals surface area (Å²) < 4.78 is 40.4. The van der Waals surface area contributed by atoms with E-state index in [2.05, 4.69) is 16.0 Å². The first-order chi connectivity index (χ1) is 20.6. The maximum atomic E-state index is 13.9. The van der Waals surface area contributed by atoms with Gasteiger partial charge in [0.2, 0.25) is 11.8 Å². The van der Waals surface area contributed by atoms with Gasteiger partial charge in [-0.3, -0.25) is 14.4 Å². The van der Waals surface area contributed by atoms with Crippen LogP contribution < -0.4 is 16.0 Å². The SMILES string of the molecule is CNC1CCN(C(=O)N[C@@H](Cc2ccccc2)C(=O)N2CCC[C@H]2C(=O)N[C@H](Cc2ccccc2)C(=O)C(F)(F)F)CC1. The average Bonchev–Trinajstić information content (AvgIpc) is 3.50. The van der Waals surface area contributed by atoms with Crippen molar-refractivity contribution < 1.29 is 32.3 Å². The minimum absolute atomic E-state index is 0.173. The van der Waals surface area contributed by atoms with E-state index in [0.717, 1.165) is 18.4 Å². The Balaban J connectivity index is 1.50. The van der Waals surface area contributed by atoms with E-state index < -0.39 is 41.9 Å². The summed E-state index contributed by atoms with van der Waals surface area (Å²) in [6, 6.07) is 13.2. The number of amides is 4. The van der Waals surface area contributed by atoms with Gasteiger partial charge in [-0.15, -0.1) is 0 Å². The number of urea groups is 1. The lowest BCUT2D eigenvalue weighted by Gasteiger charge is -2.34. The molecule has 4 rings (SSSR count). The molecule has 0 aliphatic carbocycles. The molecule has 3 N–H and O–H groups in total. The van der Waals surface area contributed by atoms with Crippen LogP contribution in [0.3, 0.4) is 0 Å². The van der Waals surface area contributed by atoms with Gasteiger partial charge in [0.1, 0.15) is 18.1 Å². The quantitative estimate of drug-likeness (QED) is 0.388. The van der Waals surface area contributed by atoms with Gasteiger partial charge in [0.25, 0.3) is 5.78 Å². The first-order valence-corrected chi connectivity index (χ1v) is 14.6. The van der Waals surface area contributed by atoms with Crippen LogP contribution in [-0.2, 0) is 27.2 Å². The van der Waals surface area contributed by atoms with Gasteiger partial charge in [-0.2, -0.15) is 13.2 Å². The van der Waals surface area contributed by atoms with Crippen LogP contribution in [0.25, 0.3) is 0 Å². The minimum Gasteiger partial charge on any atom is -0.344 e. The van der Waals surface area contributed by atoms with Gasteiger partial charge in [0, 0.05) is 38.5 Å². The lowest BCUT2D eigenvalue weighted by molar-refractivity contribution is -0.173. The van der Waals surface area contributed by atoms with Gasteiger partial charge in [-0.25, -0.2) is 4.79 Å². The van der Waals surface area contributed by atoms with Crippen molar-refractivity contribution >= 4 is 23.6 Å². The summed E-state index contributed by atoms with van der Waals surface area (Å²) in [5.74, 6) is -3.39. The third-order valence-electron chi connectivity index (χ3n) is 8.10. The second kappa shape index (κ2) is 14.5. The lowest BCUT2D eigenvalue weighted by atomic mass is 10.0. The van der Waals surface area contributed by atoms with Gasteiger partial charge in [0.05, 0.1) is 0 Å². The van der Waals surface area contributed by atoms with Crippen molar-refractivity contribution in [3.05, 3.63) is 71.8 Å². The summed E-state index contributed by atoms with van der Waals surface area (Å²) in [6.07, 6.45) is -3.10. The predicted octanol–water partition coefficient (Wildman–Crippen LogP) is 2.84. The van der Waals surface area contributed by atoms with Crippen molar-refractivity contribution in [2.45, 2.75) is 68.9 Å². The number of ketones is 1. The van der Waals surface area contributed by atoms with Crippen LogP contribution >= 0.6 is 0 Å². The maximum absolute atomic E-state index is 13.9. The second-order valence-corrected chi connectivity index (χ2v) is 11.0. The van der Waals surface area contributed by atoms with Crippen LogP contribution in [0.2, 0.25) is 0 Å². The van der Waals surface area contributed by atoms with Crippen molar-refractivity contribution in [1.82, 2.24) is 25.8 Å². The molecule has 0 aromatic heterocycles. The maximum Gasteiger partial charge on any atom is 0.452 e. The van der Waals surface area contributed by atoms with Crippen LogP contribution in [0.4, 0.5) is 18.0 Å². The Labute approximate surface area is 249 Å². The predicted molar refractivity (Wildman–Crippen MR) is 154 cm³/mol. The number of Topliss-reactive ketones (excluding diaryl/α,β-unsaturated/α-hetero) is 1. The number of nitrogens with zero attached hydrogens (tertiary/aromatic N) is 2. The molecule has 4 amide bonds. The monoisotopic (exact) mass is 601 g/mol. The zero-order valence-corrected chi connectivity index (χ0v) is 24.1. The molecule has 0 saturated carbocycles. The van der Waals surface area contributed by atoms with Crippen molar-refractivity contribution in [1.29, 1.82) is 0 Å². The molecular weight excluding hydrogens is 563 g/mol. The smallest absolute Gasteiger partial charge is 0.344 e. The molecule has 0 radical (unpaired) electrons. The molecule has 0 unspecified atom stereocenters. The fourth-order valence-corrected chi connectivity index (χ4v) is 5.69. The van der Waals surface area contributed by atoms with E-state index in [0.29, 0.717) is 31.1 Å². The largest absolute Gasteiger partial charge is 0.452 e. The summed E-state index contributed by atoms with van der Waals surface area (Å²) in [6.45, 7) is 1.24. The number of halogens is 3. The number of carbonyl (C=O) groups is 4. The van der Waals surface area contributed by atoms with E-state index in [9.17, 15) is 32.3 Å². The van der Waals surface area contributed by atoms with Crippen molar-refractivity contribution in [2.24, 2.45) is 0 Å². The third kappa shape index (κ3) is 8.56. The standard InChI is InChI=1S/C31H38F3N5O4/c1-35-23-14-17-38(18-15-23)30(43)37-25(20-22-11-6-3-7-12-22)29(42)39-16-8-13-26(39)28(41)36-24(27(40)31(32,33)34)19-21-9-4-2-5-10-21/h2-7,9-12,23-26,35H,8,13-20H2,1H3,(H,36,41)(H,37,43)/t24-,25+,26+/m1/s1. The van der Waals surface area contributed by atoms with Gasteiger partial charge < -0.3 is 25.8 Å². The number of likely N-dealkylation sites (tertiary alicyclic amines) is 2. The zero-order valence-electron chi connectivity index (χ0n) is 24.1.